The van der Waals surface area contributed by atoms with E-state index in [0.717, 1.165) is 16.0 Å². The second kappa shape index (κ2) is 10.8. The Morgan fingerprint density at radius 3 is 2.36 bits per heavy atom. The van der Waals surface area contributed by atoms with Crippen LogP contribution in [-0.2, 0) is 15.7 Å². The Kier molecular flexibility index (Phi) is 7.72. The van der Waals surface area contributed by atoms with E-state index < -0.39 is 65.5 Å². The number of hydrogen-bond acceptors (Lipinski definition) is 7. The number of benzene rings is 1. The third kappa shape index (κ3) is 5.74. The first-order valence-electron chi connectivity index (χ1n) is 13.7. The van der Waals surface area contributed by atoms with E-state index in [2.05, 4.69) is 4.98 Å². The molecule has 0 radical (unpaired) electrons. The number of amides is 2. The summed E-state index contributed by atoms with van der Waals surface area (Å²) in [6, 6.07) is 7.48. The number of carbonyl (C=O) groups is 2. The molecule has 3 fully saturated rings. The van der Waals surface area contributed by atoms with Crippen molar-refractivity contribution >= 4 is 40.7 Å². The Bertz CT molecular complexity index is 1530. The largest absolute Gasteiger partial charge is 0.491 e. The molecule has 9 nitrogen and oxygen atoms in total. The molecule has 1 aromatic carbocycles. The van der Waals surface area contributed by atoms with E-state index in [1.165, 1.54) is 6.07 Å². The first-order valence-corrected chi connectivity index (χ1v) is 14.1. The average molecular weight is 638 g/mol. The van der Waals surface area contributed by atoms with Gasteiger partial charge in [0.25, 0.3) is 11.8 Å². The van der Waals surface area contributed by atoms with Crippen molar-refractivity contribution in [2.24, 2.45) is 0 Å². The molecule has 234 valence electrons. The molecule has 0 bridgehead atoms. The Morgan fingerprint density at radius 1 is 1.16 bits per heavy atom. The van der Waals surface area contributed by atoms with Gasteiger partial charge in [-0.3, -0.25) is 14.6 Å². The summed E-state index contributed by atoms with van der Waals surface area (Å²) in [5, 5.41) is 9.04. The lowest BCUT2D eigenvalue weighted by molar-refractivity contribution is -0.138. The summed E-state index contributed by atoms with van der Waals surface area (Å²) in [7, 11) is 0. The maximum atomic E-state index is 14.2. The van der Waals surface area contributed by atoms with Crippen LogP contribution in [0.15, 0.2) is 36.5 Å². The van der Waals surface area contributed by atoms with Crippen LogP contribution in [0.1, 0.15) is 57.7 Å². The molecule has 0 N–H and O–H groups in total. The van der Waals surface area contributed by atoms with Crippen molar-refractivity contribution in [3.8, 4) is 11.8 Å². The third-order valence-electron chi connectivity index (χ3n) is 7.68. The first-order chi connectivity index (χ1) is 20.5. The third-order valence-corrected chi connectivity index (χ3v) is 8.04. The van der Waals surface area contributed by atoms with Gasteiger partial charge < -0.3 is 14.4 Å². The second-order valence-electron chi connectivity index (χ2n) is 12.0. The maximum absolute atomic E-state index is 14.2. The number of ether oxygens (including phenoxy) is 2. The quantitative estimate of drug-likeness (QED) is 0.289. The molecule has 2 amide bonds. The monoisotopic (exact) mass is 637 g/mol. The summed E-state index contributed by atoms with van der Waals surface area (Å²) in [5.41, 5.74) is -3.80. The minimum atomic E-state index is -4.87. The molecule has 1 atom stereocenters. The predicted octanol–water partition coefficient (Wildman–Crippen LogP) is 6.06. The number of pyridine rings is 1. The molecular formula is C29H28F5N5O4S. The maximum Gasteiger partial charge on any atom is 0.419 e. The number of aromatic nitrogens is 1. The van der Waals surface area contributed by atoms with Gasteiger partial charge in [0.2, 0.25) is 0 Å². The number of thiocarbonyl (C=S) groups is 1. The number of halogens is 5. The van der Waals surface area contributed by atoms with Crippen molar-refractivity contribution in [1.82, 2.24) is 9.88 Å². The van der Waals surface area contributed by atoms with E-state index in [0.29, 0.717) is 36.8 Å². The summed E-state index contributed by atoms with van der Waals surface area (Å²) in [4.78, 5) is 33.4. The zero-order valence-electron chi connectivity index (χ0n) is 24.0. The second-order valence-corrected chi connectivity index (χ2v) is 12.3. The van der Waals surface area contributed by atoms with Gasteiger partial charge in [-0.1, -0.05) is 0 Å². The lowest BCUT2D eigenvalue weighted by atomic mass is 9.75. The lowest BCUT2D eigenvalue weighted by Gasteiger charge is -2.43. The molecule has 1 spiro atoms. The summed E-state index contributed by atoms with van der Waals surface area (Å²) < 4.78 is 80.3. The van der Waals surface area contributed by atoms with Crippen molar-refractivity contribution in [3.63, 3.8) is 0 Å². The van der Waals surface area contributed by atoms with E-state index in [4.69, 9.17) is 27.0 Å². The van der Waals surface area contributed by atoms with Crippen molar-refractivity contribution < 1.29 is 41.0 Å². The average Bonchev–Trinajstić information content (AvgIpc) is 3.35. The highest BCUT2D eigenvalue weighted by atomic mass is 32.1. The molecule has 1 aromatic heterocycles. The zero-order chi connectivity index (χ0) is 32.2. The fourth-order valence-electron chi connectivity index (χ4n) is 5.55. The SMILES string of the molecule is CC(C)(C)OC(=O)N1CC(F)(F)CC1COc1ccc(N2C(=S)N(c3cnc(C#N)c(C(F)(F)F)c3)C(=O)C23CCC3)cc1. The number of hydrogen-bond donors (Lipinski definition) is 0. The van der Waals surface area contributed by atoms with Gasteiger partial charge in [0.05, 0.1) is 30.0 Å². The Balaban J connectivity index is 1.35. The van der Waals surface area contributed by atoms with Crippen LogP contribution in [-0.4, -0.2) is 63.3 Å². The molecular weight excluding hydrogens is 609 g/mol. The van der Waals surface area contributed by atoms with Gasteiger partial charge in [-0.2, -0.15) is 18.4 Å². The Labute approximate surface area is 255 Å². The molecule has 2 aliphatic heterocycles. The van der Waals surface area contributed by atoms with E-state index >= 15 is 0 Å². The summed E-state index contributed by atoms with van der Waals surface area (Å²) in [6.07, 6.45) is -3.80. The number of anilines is 2. The fourth-order valence-corrected chi connectivity index (χ4v) is 6.02. The van der Waals surface area contributed by atoms with Crippen LogP contribution in [0, 0.1) is 11.3 Å². The topological polar surface area (TPSA) is 99.0 Å². The molecule has 1 saturated carbocycles. The Hall–Kier alpha value is -4.06. The minimum absolute atomic E-state index is 0.0517. The molecule has 2 saturated heterocycles. The van der Waals surface area contributed by atoms with Crippen molar-refractivity contribution in [2.75, 3.05) is 23.0 Å². The van der Waals surface area contributed by atoms with Gasteiger partial charge in [0.15, 0.2) is 10.8 Å². The molecule has 5 rings (SSSR count). The molecule has 44 heavy (non-hydrogen) atoms. The molecule has 1 aliphatic carbocycles. The van der Waals surface area contributed by atoms with Crippen molar-refractivity contribution in [3.05, 3.63) is 47.8 Å². The standard InChI is InChI=1S/C29H28F5N5O4S/c1-26(2,3)43-25(41)37-16-28(30,31)12-19(37)15-42-20-7-5-17(6-8-20)39-24(44)38(23(40)27(39)9-4-10-27)18-11-21(29(32,33)34)22(13-35)36-14-18/h5-8,11,14,19H,4,9-10,12,15-16H2,1-3H3. The number of likely N-dealkylation sites (tertiary alicyclic amines) is 1. The van der Waals surface area contributed by atoms with Crippen molar-refractivity contribution in [1.29, 1.82) is 5.26 Å². The van der Waals surface area contributed by atoms with Crippen LogP contribution >= 0.6 is 12.2 Å². The number of carbonyl (C=O) groups excluding carboxylic acids is 2. The zero-order valence-corrected chi connectivity index (χ0v) is 24.8. The van der Waals surface area contributed by atoms with E-state index in [9.17, 15) is 31.5 Å². The van der Waals surface area contributed by atoms with Crippen LogP contribution < -0.4 is 14.5 Å². The smallest absolute Gasteiger partial charge is 0.419 e. The van der Waals surface area contributed by atoms with E-state index in [1.807, 2.05) is 0 Å². The highest BCUT2D eigenvalue weighted by molar-refractivity contribution is 7.81. The molecule has 15 heteroatoms. The van der Waals surface area contributed by atoms with Gasteiger partial charge in [-0.25, -0.2) is 18.6 Å². The fraction of sp³-hybridized carbons (Fsp3) is 0.483. The van der Waals surface area contributed by atoms with Gasteiger partial charge in [-0.05, 0) is 82.6 Å². The molecule has 2 aromatic rings. The van der Waals surface area contributed by atoms with Crippen LogP contribution in [0.5, 0.6) is 5.75 Å². The lowest BCUT2D eigenvalue weighted by Crippen LogP contribution is -2.55. The highest BCUT2D eigenvalue weighted by Crippen LogP contribution is 2.48. The summed E-state index contributed by atoms with van der Waals surface area (Å²) in [5.74, 6) is -3.30. The van der Waals surface area contributed by atoms with Crippen molar-refractivity contribution in [2.45, 2.75) is 75.7 Å². The Morgan fingerprint density at radius 2 is 1.82 bits per heavy atom. The van der Waals surface area contributed by atoms with Gasteiger partial charge >= 0.3 is 12.3 Å². The van der Waals surface area contributed by atoms with Crippen LogP contribution in [0.3, 0.4) is 0 Å². The number of rotatable bonds is 5. The minimum Gasteiger partial charge on any atom is -0.491 e. The van der Waals surface area contributed by atoms with Crippen LogP contribution in [0.4, 0.5) is 38.1 Å². The summed E-state index contributed by atoms with van der Waals surface area (Å²) >= 11 is 5.61. The number of nitriles is 1. The normalized spacial score (nSPS) is 21.0. The summed E-state index contributed by atoms with van der Waals surface area (Å²) in [6.45, 7) is 3.91. The number of alkyl halides is 5. The molecule has 1 unspecified atom stereocenters. The van der Waals surface area contributed by atoms with Gasteiger partial charge in [0, 0.05) is 12.1 Å². The first kappa shape index (κ1) is 31.4. The van der Waals surface area contributed by atoms with E-state index in [1.54, 1.807) is 49.9 Å². The van der Waals surface area contributed by atoms with Gasteiger partial charge in [0.1, 0.15) is 29.6 Å². The predicted molar refractivity (Wildman–Crippen MR) is 151 cm³/mol. The van der Waals surface area contributed by atoms with E-state index in [-0.39, 0.29) is 17.4 Å². The van der Waals surface area contributed by atoms with Gasteiger partial charge in [-0.15, -0.1) is 0 Å². The number of nitrogens with zero attached hydrogens (tertiary/aromatic N) is 5. The van der Waals surface area contributed by atoms with Crippen LogP contribution in [0.25, 0.3) is 0 Å². The molecule has 3 heterocycles. The molecule has 3 aliphatic rings. The van der Waals surface area contributed by atoms with Crippen LogP contribution in [0.2, 0.25) is 0 Å². The highest BCUT2D eigenvalue weighted by Gasteiger charge is 2.60.